The van der Waals surface area contributed by atoms with E-state index in [1.165, 1.54) is 34.4 Å². The smallest absolute Gasteiger partial charge is 1.00 e. The zero-order valence-corrected chi connectivity index (χ0v) is 23.1. The fourth-order valence-corrected chi connectivity index (χ4v) is 6.94. The second-order valence-electron chi connectivity index (χ2n) is 7.42. The molecule has 0 aliphatic rings. The number of hydrogen-bond donors (Lipinski definition) is 0. The molecule has 0 amide bonds. The number of fused-ring (bicyclic) bond motifs is 2. The third-order valence-electron chi connectivity index (χ3n) is 5.58. The van der Waals surface area contributed by atoms with Gasteiger partial charge in [0.2, 0.25) is 0 Å². The van der Waals surface area contributed by atoms with Crippen molar-refractivity contribution in [3.05, 3.63) is 78.9 Å². The Morgan fingerprint density at radius 1 is 0.767 bits per heavy atom. The number of halogens is 2. The Bertz CT molecular complexity index is 902. The van der Waals surface area contributed by atoms with Crippen molar-refractivity contribution in [3.8, 4) is 0 Å². The summed E-state index contributed by atoms with van der Waals surface area (Å²) in [6.45, 7) is 9.50. The maximum atomic E-state index is 2.43. The van der Waals surface area contributed by atoms with Gasteiger partial charge in [-0.15, -0.1) is 70.0 Å². The summed E-state index contributed by atoms with van der Waals surface area (Å²) >= 11 is 0. The van der Waals surface area contributed by atoms with Gasteiger partial charge in [-0.25, -0.2) is 0 Å². The summed E-state index contributed by atoms with van der Waals surface area (Å²) in [7, 11) is -0.0252. The molecule has 0 heterocycles. The molecule has 0 aliphatic carbocycles. The fourth-order valence-electron chi connectivity index (χ4n) is 3.69. The molecule has 0 nitrogen and oxygen atoms in total. The van der Waals surface area contributed by atoms with Crippen LogP contribution in [-0.4, -0.2) is 11.3 Å². The van der Waals surface area contributed by atoms with Crippen LogP contribution < -0.4 is 30.1 Å². The summed E-state index contributed by atoms with van der Waals surface area (Å²) in [6.07, 6.45) is 2.58. The van der Waals surface area contributed by atoms with Crippen molar-refractivity contribution in [1.82, 2.24) is 0 Å². The Kier molecular flexibility index (Phi) is 14.4. The predicted molar refractivity (Wildman–Crippen MR) is 125 cm³/mol. The third kappa shape index (κ3) is 7.31. The summed E-state index contributed by atoms with van der Waals surface area (Å²) in [4.78, 5) is 0. The van der Waals surface area contributed by atoms with E-state index in [0.29, 0.717) is 0 Å². The largest absolute Gasteiger partial charge is 4.00 e. The number of benzene rings is 2. The van der Waals surface area contributed by atoms with Gasteiger partial charge in [-0.1, -0.05) is 47.7 Å². The molecule has 0 radical (unpaired) electrons. The Hall–Kier alpha value is -0.447. The second-order valence-corrected chi connectivity index (χ2v) is 10.5. The van der Waals surface area contributed by atoms with Crippen LogP contribution in [0, 0.1) is 0 Å². The van der Waals surface area contributed by atoms with Gasteiger partial charge in [-0.2, -0.15) is 23.6 Å². The van der Waals surface area contributed by atoms with Gasteiger partial charge in [0.25, 0.3) is 0 Å². The molecule has 4 heteroatoms. The van der Waals surface area contributed by atoms with Crippen molar-refractivity contribution < 1.29 is 51.0 Å². The molecule has 4 rings (SSSR count). The molecule has 0 saturated carbocycles. The third-order valence-corrected chi connectivity index (χ3v) is 9.06. The molecule has 4 aromatic rings. The minimum atomic E-state index is -0.0252. The molecule has 30 heavy (non-hydrogen) atoms. The zero-order chi connectivity index (χ0) is 19.2. The van der Waals surface area contributed by atoms with Crippen molar-refractivity contribution in [2.45, 2.75) is 51.9 Å². The van der Waals surface area contributed by atoms with E-state index in [-0.39, 0.29) is 58.9 Å². The van der Waals surface area contributed by atoms with Crippen LogP contribution in [0.4, 0.5) is 0 Å². The second kappa shape index (κ2) is 14.6. The summed E-state index contributed by atoms with van der Waals surface area (Å²) < 4.78 is 0. The summed E-state index contributed by atoms with van der Waals surface area (Å²) in [5, 5.41) is 7.09. The van der Waals surface area contributed by atoms with Gasteiger partial charge in [0, 0.05) is 0 Å². The number of hydrogen-bond acceptors (Lipinski definition) is 0. The Balaban J connectivity index is 0.000000597. The van der Waals surface area contributed by atoms with E-state index in [1.54, 1.807) is 5.30 Å². The molecule has 0 fully saturated rings. The van der Waals surface area contributed by atoms with Gasteiger partial charge in [0.15, 0.2) is 0 Å². The van der Waals surface area contributed by atoms with Crippen LogP contribution in [0.15, 0.2) is 78.9 Å². The fraction of sp³-hybridized carbons (Fsp3) is 0.308. The van der Waals surface area contributed by atoms with Crippen LogP contribution in [-0.2, 0) is 26.2 Å². The van der Waals surface area contributed by atoms with Crippen LogP contribution in [0.3, 0.4) is 0 Å². The number of rotatable bonds is 5. The van der Waals surface area contributed by atoms with E-state index in [1.807, 2.05) is 0 Å². The molecule has 4 aromatic carbocycles. The molecular formula is C26H31Cl2PZr. The van der Waals surface area contributed by atoms with Crippen molar-refractivity contribution in [2.75, 3.05) is 0 Å². The van der Waals surface area contributed by atoms with Gasteiger partial charge in [0.1, 0.15) is 0 Å². The van der Waals surface area contributed by atoms with Crippen molar-refractivity contribution >= 4 is 34.8 Å². The van der Waals surface area contributed by atoms with Crippen LogP contribution >= 0.6 is 7.92 Å². The zero-order valence-electron chi connectivity index (χ0n) is 18.3. The maximum Gasteiger partial charge on any atom is 4.00 e. The van der Waals surface area contributed by atoms with Crippen molar-refractivity contribution in [2.24, 2.45) is 0 Å². The monoisotopic (exact) mass is 534 g/mol. The average Bonchev–Trinajstić information content (AvgIpc) is 3.34. The SMILES string of the molecule is CCC(C)P(c1cc2ccccc2[cH-]1)C(C)CC.[Cl-].[Cl-].[Zr+4].c1ccc2[cH-]ccc2c1. The molecule has 0 saturated heterocycles. The standard InChI is InChI=1S/C17H24P.C9H7.2ClH.Zr/c1-5-13(3)18(14(4)6-2)17-11-15-9-7-8-10-16(15)12-17;1-2-5-9-7-3-6-8(9)4-1;;;/h7-14H,5-6H2,1-4H3;1-7H;2*1H;/q2*-1;;;+4/p-2. The first kappa shape index (κ1) is 29.6. The molecule has 2 unspecified atom stereocenters. The van der Waals surface area contributed by atoms with Gasteiger partial charge in [-0.05, 0) is 24.2 Å². The van der Waals surface area contributed by atoms with E-state index >= 15 is 0 Å². The minimum absolute atomic E-state index is 0. The van der Waals surface area contributed by atoms with E-state index in [0.717, 1.165) is 11.3 Å². The summed E-state index contributed by atoms with van der Waals surface area (Å²) in [5.41, 5.74) is 1.65. The molecule has 0 aromatic heterocycles. The Labute approximate surface area is 215 Å². The van der Waals surface area contributed by atoms with Crippen LogP contribution in [0.25, 0.3) is 21.5 Å². The quantitative estimate of drug-likeness (QED) is 0.270. The van der Waals surface area contributed by atoms with Crippen LogP contribution in [0.2, 0.25) is 0 Å². The first-order valence-electron chi connectivity index (χ1n) is 10.2. The van der Waals surface area contributed by atoms with E-state index < -0.39 is 0 Å². The normalized spacial score (nSPS) is 13.1. The van der Waals surface area contributed by atoms with Gasteiger partial charge in [0.05, 0.1) is 0 Å². The Morgan fingerprint density at radius 2 is 1.30 bits per heavy atom. The topological polar surface area (TPSA) is 0 Å². The minimum Gasteiger partial charge on any atom is -1.00 e. The maximum absolute atomic E-state index is 2.43. The van der Waals surface area contributed by atoms with Gasteiger partial charge >= 0.3 is 26.2 Å². The molecule has 0 spiro atoms. The van der Waals surface area contributed by atoms with E-state index in [2.05, 4.69) is 107 Å². The average molecular weight is 537 g/mol. The molecule has 158 valence electrons. The van der Waals surface area contributed by atoms with Crippen molar-refractivity contribution in [3.63, 3.8) is 0 Å². The summed E-state index contributed by atoms with van der Waals surface area (Å²) in [6, 6.07) is 28.3. The predicted octanol–water partition coefficient (Wildman–Crippen LogP) is 1.83. The van der Waals surface area contributed by atoms with Gasteiger partial charge < -0.3 is 24.8 Å². The molecular weight excluding hydrogens is 505 g/mol. The molecule has 0 aliphatic heterocycles. The first-order valence-corrected chi connectivity index (χ1v) is 11.7. The van der Waals surface area contributed by atoms with Crippen LogP contribution in [0.1, 0.15) is 40.5 Å². The van der Waals surface area contributed by atoms with Crippen LogP contribution in [0.5, 0.6) is 0 Å². The Morgan fingerprint density at radius 3 is 1.83 bits per heavy atom. The van der Waals surface area contributed by atoms with E-state index in [4.69, 9.17) is 0 Å². The molecule has 0 N–H and O–H groups in total. The van der Waals surface area contributed by atoms with E-state index in [9.17, 15) is 0 Å². The van der Waals surface area contributed by atoms with Gasteiger partial charge in [-0.3, -0.25) is 0 Å². The molecule has 2 atom stereocenters. The van der Waals surface area contributed by atoms with Crippen molar-refractivity contribution in [1.29, 1.82) is 0 Å². The first-order chi connectivity index (χ1) is 13.1. The molecule has 0 bridgehead atoms. The summed E-state index contributed by atoms with van der Waals surface area (Å²) in [5.74, 6) is 0.